The van der Waals surface area contributed by atoms with Gasteiger partial charge in [-0.25, -0.2) is 4.98 Å². The smallest absolute Gasteiger partial charge is 0.268 e. The maximum atomic E-state index is 10.3. The van der Waals surface area contributed by atoms with Crippen LogP contribution in [0.25, 0.3) is 106 Å². The fraction of sp³-hybridized carbons (Fsp3) is 0.221. The summed E-state index contributed by atoms with van der Waals surface area (Å²) in [5.41, 5.74) is 7.41. The zero-order valence-electron chi connectivity index (χ0n) is 60.6. The molecule has 0 amide bonds. The summed E-state index contributed by atoms with van der Waals surface area (Å²) in [5.74, 6) is -0.792. The summed E-state index contributed by atoms with van der Waals surface area (Å²) < 4.78 is 136. The minimum absolute atomic E-state index is 0. The first kappa shape index (κ1) is 40.2. The molecule has 3 aliphatic rings. The molecule has 0 N–H and O–H groups in total. The molecule has 0 saturated carbocycles. The molecule has 0 bridgehead atoms. The number of benzene rings is 9. The van der Waals surface area contributed by atoms with Crippen molar-refractivity contribution in [2.24, 2.45) is 5.89 Å². The van der Waals surface area contributed by atoms with Crippen molar-refractivity contribution in [2.45, 2.75) is 104 Å². The normalized spacial score (nSPS) is 18.7. The van der Waals surface area contributed by atoms with E-state index in [1.54, 1.807) is 45.5 Å². The van der Waals surface area contributed by atoms with Gasteiger partial charge < -0.3 is 13.9 Å². The molecule has 1 atom stereocenters. The van der Waals surface area contributed by atoms with Crippen LogP contribution in [0.4, 0.5) is 0 Å². The monoisotopic (exact) mass is 1270 g/mol. The molecule has 9 aromatic carbocycles. The Morgan fingerprint density at radius 3 is 1.99 bits per heavy atom. The van der Waals surface area contributed by atoms with Crippen LogP contribution in [0.15, 0.2) is 188 Å². The van der Waals surface area contributed by atoms with Gasteiger partial charge in [-0.15, -0.1) is 29.7 Å². The summed E-state index contributed by atoms with van der Waals surface area (Å²) in [5, 5.41) is 2.01. The van der Waals surface area contributed by atoms with E-state index in [1.165, 1.54) is 25.0 Å². The van der Waals surface area contributed by atoms with Gasteiger partial charge in [0, 0.05) is 55.2 Å². The largest absolute Gasteiger partial charge is 0.510 e. The van der Waals surface area contributed by atoms with E-state index < -0.39 is 72.5 Å². The van der Waals surface area contributed by atoms with E-state index in [-0.39, 0.29) is 87.6 Å². The summed E-state index contributed by atoms with van der Waals surface area (Å²) in [4.78, 5) is 5.03. The van der Waals surface area contributed by atoms with Crippen molar-refractivity contribution in [3.05, 3.63) is 234 Å². The van der Waals surface area contributed by atoms with Gasteiger partial charge in [-0.1, -0.05) is 208 Å². The van der Waals surface area contributed by atoms with Gasteiger partial charge in [0.15, 0.2) is 0 Å². The van der Waals surface area contributed by atoms with Gasteiger partial charge in [0.1, 0.15) is 5.82 Å². The summed E-state index contributed by atoms with van der Waals surface area (Å²) in [6, 6.07) is 42.9. The van der Waals surface area contributed by atoms with E-state index in [0.29, 0.717) is 39.2 Å². The average molecular weight is 1270 g/mol. The molecule has 4 heterocycles. The first-order valence-corrected chi connectivity index (χ1v) is 28.1. The predicted octanol–water partition coefficient (Wildman–Crippen LogP) is 19.2. The van der Waals surface area contributed by atoms with Crippen LogP contribution >= 0.6 is 0 Å². The van der Waals surface area contributed by atoms with Crippen LogP contribution in [0.1, 0.15) is 128 Å². The predicted molar refractivity (Wildman–Crippen MR) is 336 cm³/mol. The number of rotatable bonds is 6. The molecule has 1 aliphatic heterocycles. The fourth-order valence-corrected chi connectivity index (χ4v) is 13.4. The van der Waals surface area contributed by atoms with Crippen LogP contribution in [0.2, 0.25) is 0 Å². The molecule has 15 rings (SSSR count). The molecule has 3 aromatic heterocycles. The Labute approximate surface area is 520 Å². The molecule has 412 valence electrons. The van der Waals surface area contributed by atoms with Crippen molar-refractivity contribution in [2.75, 3.05) is 0 Å². The zero-order valence-corrected chi connectivity index (χ0v) is 49.9. The number of aromatic nitrogens is 4. The molecule has 0 spiro atoms. The fourth-order valence-electron chi connectivity index (χ4n) is 13.4. The van der Waals surface area contributed by atoms with Crippen LogP contribution in [-0.4, -0.2) is 14.1 Å². The third kappa shape index (κ3) is 7.97. The Hall–Kier alpha value is -8.11. The third-order valence-electron chi connectivity index (χ3n) is 17.8. The molecule has 2 aliphatic carbocycles. The Morgan fingerprint density at radius 1 is 0.639 bits per heavy atom. The van der Waals surface area contributed by atoms with Gasteiger partial charge >= 0.3 is 0 Å². The van der Waals surface area contributed by atoms with Crippen molar-refractivity contribution in [3.63, 3.8) is 0 Å². The van der Waals surface area contributed by atoms with Crippen molar-refractivity contribution in [1.82, 2.24) is 14.1 Å². The molecule has 83 heavy (non-hydrogen) atoms. The van der Waals surface area contributed by atoms with E-state index >= 15 is 0 Å². The van der Waals surface area contributed by atoms with Gasteiger partial charge in [0.2, 0.25) is 0 Å². The number of hydrogen-bond donors (Lipinski definition) is 0. The van der Waals surface area contributed by atoms with Gasteiger partial charge in [-0.2, -0.15) is 18.2 Å². The first-order valence-electron chi connectivity index (χ1n) is 34.6. The van der Waals surface area contributed by atoms with Crippen LogP contribution < -0.4 is 9.30 Å². The number of hydrogen-bond acceptors (Lipinski definition) is 2. The number of ether oxygens (including phenoxy) is 1. The Balaban J connectivity index is 0.00000792. The second kappa shape index (κ2) is 19.0. The maximum absolute atomic E-state index is 10.3. The molecule has 0 saturated heterocycles. The van der Waals surface area contributed by atoms with Gasteiger partial charge in [-0.05, 0) is 148 Å². The molecular formula is C77H66N4OPt-2. The average Bonchev–Trinajstić information content (AvgIpc) is 1.48. The summed E-state index contributed by atoms with van der Waals surface area (Å²) in [6.07, 6.45) is 7.59. The Kier molecular flexibility index (Phi) is 9.18. The minimum Gasteiger partial charge on any atom is -0.510 e. The van der Waals surface area contributed by atoms with E-state index in [4.69, 9.17) is 13.8 Å². The summed E-state index contributed by atoms with van der Waals surface area (Å²) in [7, 11) is 0. The Bertz CT molecular complexity index is 5330. The van der Waals surface area contributed by atoms with E-state index in [0.717, 1.165) is 57.2 Å². The molecule has 6 heteroatoms. The number of nitrogens with zero attached hydrogens (tertiary/aromatic N) is 4. The number of pyridine rings is 1. The summed E-state index contributed by atoms with van der Waals surface area (Å²) in [6.45, 7) is 15.5. The molecule has 12 aromatic rings. The quantitative estimate of drug-likeness (QED) is 0.123. The minimum atomic E-state index is -3.20. The SMILES string of the molecule is [2H]c1c([2H])c([2H])c(-c2cccc3c2-[n+]2[c-]n(-c4[c-]c(Oc5[c-]c6c(cc5)c5cc7c(cc5n6-c5cc(C(C)(C)C)ccn5)C(C)(C)CCC7(C)C)ccc4)c4c5c(cc(c42)-c2ccccc2-c2ccccc2-3)-c2c([2H])c([2H])c([2H])c([2H])c2C5(C([2H])([2H])[2H])C([2H])(C)C)c([2H])c1[2H].[Pt]. The van der Waals surface area contributed by atoms with Crippen molar-refractivity contribution >= 4 is 32.8 Å². The van der Waals surface area contributed by atoms with E-state index in [9.17, 15) is 13.7 Å². The molecule has 0 fully saturated rings. The van der Waals surface area contributed by atoms with Gasteiger partial charge in [0.05, 0.1) is 29.1 Å². The van der Waals surface area contributed by atoms with Crippen LogP contribution in [-0.2, 0) is 42.7 Å². The van der Waals surface area contributed by atoms with Crippen molar-refractivity contribution < 1.29 is 48.2 Å². The van der Waals surface area contributed by atoms with Crippen LogP contribution in [0.3, 0.4) is 0 Å². The van der Waals surface area contributed by atoms with E-state index in [2.05, 4.69) is 102 Å². The first-order chi connectivity index (χ1) is 44.8. The third-order valence-corrected chi connectivity index (χ3v) is 17.8. The Morgan fingerprint density at radius 2 is 1.28 bits per heavy atom. The van der Waals surface area contributed by atoms with Gasteiger partial charge in [-0.3, -0.25) is 4.57 Å². The van der Waals surface area contributed by atoms with Crippen molar-refractivity contribution in [3.8, 4) is 84.3 Å². The second-order valence-electron chi connectivity index (χ2n) is 24.9. The van der Waals surface area contributed by atoms with E-state index in [1.807, 2.05) is 66.9 Å². The molecule has 5 nitrogen and oxygen atoms in total. The maximum Gasteiger partial charge on any atom is 0.268 e. The van der Waals surface area contributed by atoms with Crippen molar-refractivity contribution in [1.29, 1.82) is 0 Å². The van der Waals surface area contributed by atoms with Crippen LogP contribution in [0, 0.1) is 24.4 Å². The molecule has 0 radical (unpaired) electrons. The van der Waals surface area contributed by atoms with Gasteiger partial charge in [0.25, 0.3) is 6.33 Å². The van der Waals surface area contributed by atoms with Crippen LogP contribution in [0.5, 0.6) is 11.5 Å². The number of fused-ring (bicyclic) bond motifs is 15. The second-order valence-corrected chi connectivity index (χ2v) is 24.9. The number of imidazole rings is 1. The standard InChI is InChI=1S/C77H66N4O.Pt/c1-47(2)77(10)64-33-19-18-30-58(64)62-43-63-57-29-17-15-27-55(57)54-26-14-16-28-56(54)60-32-21-31-53(48-22-12-11-13-23-48)71(60)80-46-79(73(70(62)77)72(63)80)50-24-20-25-51(41-50)82-52-34-35-59-61-44-65-66(76(8,9)38-37-75(65,6)7)45-68(61)81(67(59)42-52)69-40-49(36-39-78-69)74(3,4)5;/h11-36,39-40,43-45,47H,37-38H2,1-10H3;/q-2;/i10D3,11D,12D,13D,18D,19D,22D,23D,30D,33D,47D;. The number of para-hydroxylation sites is 1. The zero-order chi connectivity index (χ0) is 67.4. The topological polar surface area (TPSA) is 35.9 Å². The molecular weight excluding hydrogens is 1190 g/mol. The molecule has 1 unspecified atom stereocenters. The summed E-state index contributed by atoms with van der Waals surface area (Å²) >= 11 is 0.